The van der Waals surface area contributed by atoms with E-state index in [-0.39, 0.29) is 28.3 Å². The molecule has 1 atom stereocenters. The monoisotopic (exact) mass is 400 g/mol. The molecule has 4 rings (SSSR count). The topological polar surface area (TPSA) is 62.0 Å². The molecule has 0 saturated heterocycles. The summed E-state index contributed by atoms with van der Waals surface area (Å²) in [5.41, 5.74) is -3.36. The Balaban J connectivity index is 1.95. The van der Waals surface area contributed by atoms with Crippen LogP contribution in [0.5, 0.6) is 0 Å². The average Bonchev–Trinajstić information content (AvgIpc) is 3.06. The van der Waals surface area contributed by atoms with Gasteiger partial charge in [0, 0.05) is 12.0 Å². The molecular weight excluding hydrogens is 388 g/mol. The smallest absolute Gasteiger partial charge is 0.359 e. The van der Waals surface area contributed by atoms with E-state index in [1.54, 1.807) is 0 Å². The zero-order valence-electron chi connectivity index (χ0n) is 14.7. The Morgan fingerprint density at radius 1 is 0.828 bits per heavy atom. The van der Waals surface area contributed by atoms with Gasteiger partial charge in [-0.25, -0.2) is 32.3 Å². The van der Waals surface area contributed by atoms with Gasteiger partial charge in [0.15, 0.2) is 0 Å². The molecule has 8 heteroatoms. The number of nitrogens with zero attached hydrogens (tertiary/aromatic N) is 2. The molecule has 0 radical (unpaired) electrons. The summed E-state index contributed by atoms with van der Waals surface area (Å²) in [6, 6.07) is 10.8. The molecule has 3 aromatic carbocycles. The summed E-state index contributed by atoms with van der Waals surface area (Å²) < 4.78 is 56.8. The van der Waals surface area contributed by atoms with Crippen molar-refractivity contribution >= 4 is 5.97 Å². The predicted octanol–water partition coefficient (Wildman–Crippen LogP) is 3.02. The molecule has 1 N–H and O–H groups in total. The van der Waals surface area contributed by atoms with Crippen LogP contribution < -0.4 is 10.7 Å². The molecule has 146 valence electrons. The molecule has 1 unspecified atom stereocenters. The molecule has 0 fully saturated rings. The Hall–Kier alpha value is -3.55. The zero-order chi connectivity index (χ0) is 20.8. The summed E-state index contributed by atoms with van der Waals surface area (Å²) in [5.74, 6) is -5.46. The number of hydrogen-bond donors (Lipinski definition) is 1. The Morgan fingerprint density at radius 3 is 1.97 bits per heavy atom. The first-order chi connectivity index (χ1) is 13.8. The molecule has 0 spiro atoms. The third kappa shape index (κ3) is 2.97. The Bertz CT molecular complexity index is 1240. The van der Waals surface area contributed by atoms with Crippen molar-refractivity contribution in [1.82, 2.24) is 0 Å². The predicted molar refractivity (Wildman–Crippen MR) is 93.6 cm³/mol. The van der Waals surface area contributed by atoms with Gasteiger partial charge in [-0.1, -0.05) is 24.3 Å². The van der Waals surface area contributed by atoms with Crippen LogP contribution >= 0.6 is 0 Å². The highest BCUT2D eigenvalue weighted by molar-refractivity contribution is 5.81. The number of aliphatic carboxylic acids is 1. The molecule has 0 saturated carbocycles. The van der Waals surface area contributed by atoms with Gasteiger partial charge in [-0.15, -0.1) is 0 Å². The van der Waals surface area contributed by atoms with Crippen molar-refractivity contribution < 1.29 is 27.5 Å². The second-order valence-electron chi connectivity index (χ2n) is 6.46. The standard InChI is InChI=1S/C21H12F4N2O2/c22-13-5-2-6-14(23)12(13)10-11-4-1-9-17-19(11)27-21(26-17,20(28)29)18-15(24)7-3-8-16(18)25/h1-9H,10H2,(H,28,29). The number of carboxylic acid groups (broad SMARTS) is 1. The minimum Gasteiger partial charge on any atom is -0.478 e. The maximum atomic E-state index is 14.4. The molecule has 0 aromatic heterocycles. The molecule has 1 aliphatic rings. The van der Waals surface area contributed by atoms with Crippen LogP contribution in [-0.4, -0.2) is 11.1 Å². The summed E-state index contributed by atoms with van der Waals surface area (Å²) in [7, 11) is 0. The molecule has 0 aliphatic carbocycles. The maximum Gasteiger partial charge on any atom is 0.359 e. The molecule has 4 nitrogen and oxygen atoms in total. The van der Waals surface area contributed by atoms with Crippen LogP contribution in [0, 0.1) is 23.3 Å². The highest BCUT2D eigenvalue weighted by atomic mass is 19.1. The minimum atomic E-state index is -2.57. The fraction of sp³-hybridized carbons (Fsp3) is 0.0952. The number of benzene rings is 3. The SMILES string of the molecule is O=C(O)C1(c2c(F)cccc2F)N=c2cccc(Cc3c(F)cccc3F)c2=N1. The van der Waals surface area contributed by atoms with Crippen LogP contribution in [0.2, 0.25) is 0 Å². The fourth-order valence-corrected chi connectivity index (χ4v) is 3.34. The van der Waals surface area contributed by atoms with E-state index >= 15 is 0 Å². The van der Waals surface area contributed by atoms with Crippen LogP contribution in [0.4, 0.5) is 17.6 Å². The molecule has 29 heavy (non-hydrogen) atoms. The van der Waals surface area contributed by atoms with Crippen molar-refractivity contribution in [2.24, 2.45) is 9.98 Å². The normalized spacial score (nSPS) is 17.4. The van der Waals surface area contributed by atoms with Gasteiger partial charge >= 0.3 is 5.97 Å². The van der Waals surface area contributed by atoms with Crippen LogP contribution in [0.3, 0.4) is 0 Å². The van der Waals surface area contributed by atoms with E-state index in [2.05, 4.69) is 9.98 Å². The number of fused-ring (bicyclic) bond motifs is 1. The number of carboxylic acids is 1. The van der Waals surface area contributed by atoms with Crippen LogP contribution in [0.1, 0.15) is 16.7 Å². The molecule has 3 aromatic rings. The van der Waals surface area contributed by atoms with E-state index in [1.807, 2.05) is 0 Å². The first kappa shape index (κ1) is 18.8. The van der Waals surface area contributed by atoms with Gasteiger partial charge in [0.25, 0.3) is 5.66 Å². The number of rotatable bonds is 4. The summed E-state index contributed by atoms with van der Waals surface area (Å²) >= 11 is 0. The minimum absolute atomic E-state index is 0.0141. The van der Waals surface area contributed by atoms with Crippen LogP contribution in [0.25, 0.3) is 0 Å². The van der Waals surface area contributed by atoms with Crippen molar-refractivity contribution in [2.45, 2.75) is 12.1 Å². The van der Waals surface area contributed by atoms with E-state index in [9.17, 15) is 27.5 Å². The maximum absolute atomic E-state index is 14.4. The molecule has 1 heterocycles. The van der Waals surface area contributed by atoms with Gasteiger partial charge in [0.1, 0.15) is 23.3 Å². The van der Waals surface area contributed by atoms with Crippen molar-refractivity contribution in [1.29, 1.82) is 0 Å². The summed E-state index contributed by atoms with van der Waals surface area (Å²) in [6.07, 6.45) is -0.240. The second-order valence-corrected chi connectivity index (χ2v) is 6.46. The Kier molecular flexibility index (Phi) is 4.41. The van der Waals surface area contributed by atoms with Gasteiger partial charge in [-0.05, 0) is 35.9 Å². The van der Waals surface area contributed by atoms with Crippen molar-refractivity contribution in [2.75, 3.05) is 0 Å². The summed E-state index contributed by atoms with van der Waals surface area (Å²) in [4.78, 5) is 20.1. The van der Waals surface area contributed by atoms with E-state index in [0.717, 1.165) is 30.3 Å². The van der Waals surface area contributed by atoms with Crippen molar-refractivity contribution in [3.05, 3.63) is 105 Å². The van der Waals surface area contributed by atoms with Crippen molar-refractivity contribution in [3.8, 4) is 0 Å². The Morgan fingerprint density at radius 2 is 1.38 bits per heavy atom. The first-order valence-electron chi connectivity index (χ1n) is 8.52. The lowest BCUT2D eigenvalue weighted by Gasteiger charge is -2.19. The lowest BCUT2D eigenvalue weighted by molar-refractivity contribution is -0.143. The number of halogens is 4. The highest BCUT2D eigenvalue weighted by Gasteiger charge is 2.46. The van der Waals surface area contributed by atoms with Gasteiger partial charge in [0.05, 0.1) is 16.3 Å². The Labute approximate surface area is 161 Å². The van der Waals surface area contributed by atoms with E-state index in [4.69, 9.17) is 0 Å². The van der Waals surface area contributed by atoms with Gasteiger partial charge in [-0.2, -0.15) is 0 Å². The number of hydrogen-bond acceptors (Lipinski definition) is 3. The average molecular weight is 400 g/mol. The molecule has 1 aliphatic heterocycles. The van der Waals surface area contributed by atoms with Gasteiger partial charge in [0.2, 0.25) is 0 Å². The number of carbonyl (C=O) groups is 1. The third-order valence-electron chi connectivity index (χ3n) is 4.69. The van der Waals surface area contributed by atoms with Gasteiger partial charge < -0.3 is 5.11 Å². The quantitative estimate of drug-likeness (QED) is 0.685. The van der Waals surface area contributed by atoms with Gasteiger partial charge in [-0.3, -0.25) is 0 Å². The third-order valence-corrected chi connectivity index (χ3v) is 4.69. The lowest BCUT2D eigenvalue weighted by Crippen LogP contribution is -2.33. The molecule has 0 amide bonds. The van der Waals surface area contributed by atoms with E-state index < -0.39 is 40.5 Å². The number of para-hydroxylation sites is 1. The highest BCUT2D eigenvalue weighted by Crippen LogP contribution is 2.33. The summed E-state index contributed by atoms with van der Waals surface area (Å²) in [6.45, 7) is 0. The molecular formula is C21H12F4N2O2. The largest absolute Gasteiger partial charge is 0.478 e. The van der Waals surface area contributed by atoms with E-state index in [0.29, 0.717) is 0 Å². The lowest BCUT2D eigenvalue weighted by atomic mass is 9.99. The van der Waals surface area contributed by atoms with Crippen LogP contribution in [0.15, 0.2) is 64.6 Å². The fourth-order valence-electron chi connectivity index (χ4n) is 3.34. The van der Waals surface area contributed by atoms with Crippen molar-refractivity contribution in [3.63, 3.8) is 0 Å². The van der Waals surface area contributed by atoms with E-state index in [1.165, 1.54) is 24.3 Å². The summed E-state index contributed by atoms with van der Waals surface area (Å²) in [5, 5.41) is 9.84. The van der Waals surface area contributed by atoms with Crippen LogP contribution in [-0.2, 0) is 16.9 Å². The molecule has 0 bridgehead atoms. The first-order valence-corrected chi connectivity index (χ1v) is 8.52. The second kappa shape index (κ2) is 6.80. The zero-order valence-corrected chi connectivity index (χ0v) is 14.7.